The number of benzene rings is 1. The maximum atomic E-state index is 11.4. The van der Waals surface area contributed by atoms with Crippen molar-refractivity contribution in [2.75, 3.05) is 12.4 Å². The van der Waals surface area contributed by atoms with Gasteiger partial charge in [0.1, 0.15) is 0 Å². The Bertz CT molecular complexity index is 821. The fourth-order valence-corrected chi connectivity index (χ4v) is 2.84. The number of aromatic nitrogens is 3. The molecule has 0 amide bonds. The lowest BCUT2D eigenvalue weighted by molar-refractivity contribution is 0.0593. The van der Waals surface area contributed by atoms with Crippen molar-refractivity contribution in [2.45, 2.75) is 0 Å². The van der Waals surface area contributed by atoms with Crippen molar-refractivity contribution in [3.63, 3.8) is 0 Å². The molecule has 106 valence electrons. The number of nitrogens with zero attached hydrogens (tertiary/aromatic N) is 3. The molecule has 0 aliphatic rings. The minimum absolute atomic E-state index is 0.131. The van der Waals surface area contributed by atoms with Crippen molar-refractivity contribution < 1.29 is 9.53 Å². The van der Waals surface area contributed by atoms with Gasteiger partial charge < -0.3 is 10.1 Å². The lowest BCUT2D eigenvalue weighted by Crippen LogP contribution is -2.06. The van der Waals surface area contributed by atoms with Crippen LogP contribution in [0.5, 0.6) is 0 Å². The second-order valence-electron chi connectivity index (χ2n) is 4.04. The summed E-state index contributed by atoms with van der Waals surface area (Å²) in [6, 6.07) is 5.47. The molecule has 0 fully saturated rings. The van der Waals surface area contributed by atoms with Gasteiger partial charge in [0.2, 0.25) is 0 Å². The Morgan fingerprint density at radius 3 is 3.00 bits per heavy atom. The molecule has 1 aromatic carbocycles. The maximum absolute atomic E-state index is 11.4. The minimum atomic E-state index is -0.540. The van der Waals surface area contributed by atoms with Gasteiger partial charge in [-0.25, -0.2) is 14.8 Å². The molecule has 0 unspecified atom stereocenters. The second kappa shape index (κ2) is 5.63. The van der Waals surface area contributed by atoms with Crippen LogP contribution >= 0.6 is 22.9 Å². The van der Waals surface area contributed by atoms with E-state index < -0.39 is 5.97 Å². The third-order valence-electron chi connectivity index (χ3n) is 2.61. The van der Waals surface area contributed by atoms with Gasteiger partial charge >= 0.3 is 5.97 Å². The van der Waals surface area contributed by atoms with Crippen LogP contribution in [-0.4, -0.2) is 28.0 Å². The average Bonchev–Trinajstić information content (AvgIpc) is 2.88. The van der Waals surface area contributed by atoms with Gasteiger partial charge in [0.15, 0.2) is 16.6 Å². The van der Waals surface area contributed by atoms with E-state index >= 15 is 0 Å². The number of carbonyl (C=O) groups is 1. The van der Waals surface area contributed by atoms with Crippen LogP contribution in [0, 0.1) is 0 Å². The zero-order chi connectivity index (χ0) is 14.8. The van der Waals surface area contributed by atoms with Gasteiger partial charge in [0, 0.05) is 5.02 Å². The van der Waals surface area contributed by atoms with E-state index in [2.05, 4.69) is 25.0 Å². The van der Waals surface area contributed by atoms with Crippen LogP contribution in [0.2, 0.25) is 5.02 Å². The van der Waals surface area contributed by atoms with Gasteiger partial charge in [-0.1, -0.05) is 22.9 Å². The second-order valence-corrected chi connectivity index (χ2v) is 5.50. The van der Waals surface area contributed by atoms with Gasteiger partial charge in [-0.15, -0.1) is 0 Å². The first-order valence-electron chi connectivity index (χ1n) is 5.89. The van der Waals surface area contributed by atoms with Crippen LogP contribution in [0.4, 0.5) is 10.9 Å². The van der Waals surface area contributed by atoms with E-state index in [-0.39, 0.29) is 5.69 Å². The predicted molar refractivity (Wildman–Crippen MR) is 81.3 cm³/mol. The van der Waals surface area contributed by atoms with Crippen molar-refractivity contribution in [1.29, 1.82) is 0 Å². The number of esters is 1. The summed E-state index contributed by atoms with van der Waals surface area (Å²) in [6.07, 6.45) is 2.85. The van der Waals surface area contributed by atoms with Crippen LogP contribution in [0.3, 0.4) is 0 Å². The molecule has 3 rings (SSSR count). The highest BCUT2D eigenvalue weighted by molar-refractivity contribution is 7.22. The molecule has 0 saturated carbocycles. The Balaban J connectivity index is 1.89. The minimum Gasteiger partial charge on any atom is -0.464 e. The Morgan fingerprint density at radius 1 is 1.33 bits per heavy atom. The topological polar surface area (TPSA) is 77.0 Å². The molecule has 0 aliphatic carbocycles. The van der Waals surface area contributed by atoms with Crippen molar-refractivity contribution in [3.05, 3.63) is 41.3 Å². The first-order valence-corrected chi connectivity index (χ1v) is 7.08. The average molecular weight is 321 g/mol. The number of fused-ring (bicyclic) bond motifs is 1. The molecule has 0 radical (unpaired) electrons. The number of halogens is 1. The van der Waals surface area contributed by atoms with Crippen LogP contribution in [0.25, 0.3) is 10.2 Å². The third kappa shape index (κ3) is 2.93. The zero-order valence-electron chi connectivity index (χ0n) is 10.8. The van der Waals surface area contributed by atoms with E-state index in [0.717, 1.165) is 10.2 Å². The van der Waals surface area contributed by atoms with Crippen molar-refractivity contribution in [3.8, 4) is 0 Å². The summed E-state index contributed by atoms with van der Waals surface area (Å²) in [6.45, 7) is 0. The number of thiazole rings is 1. The Morgan fingerprint density at radius 2 is 2.19 bits per heavy atom. The monoisotopic (exact) mass is 320 g/mol. The van der Waals surface area contributed by atoms with Crippen LogP contribution in [0.1, 0.15) is 10.5 Å². The molecule has 3 aromatic rings. The highest BCUT2D eigenvalue weighted by atomic mass is 35.5. The summed E-state index contributed by atoms with van der Waals surface area (Å²) in [5.41, 5.74) is 0.968. The van der Waals surface area contributed by atoms with Crippen LogP contribution in [-0.2, 0) is 4.74 Å². The van der Waals surface area contributed by atoms with Gasteiger partial charge in [0.25, 0.3) is 0 Å². The molecule has 21 heavy (non-hydrogen) atoms. The molecule has 0 atom stereocenters. The Labute approximate surface area is 128 Å². The summed E-state index contributed by atoms with van der Waals surface area (Å²) in [4.78, 5) is 23.9. The molecular formula is C13H9ClN4O2S. The molecule has 0 saturated heterocycles. The standard InChI is InChI=1S/C13H9ClN4O2S/c1-20-12(19)9-5-15-6-11(16-9)18-13-17-8-3-2-7(14)4-10(8)21-13/h2-6H,1H3,(H,16,17,18). The summed E-state index contributed by atoms with van der Waals surface area (Å²) in [5, 5.41) is 4.31. The van der Waals surface area contributed by atoms with E-state index in [1.54, 1.807) is 6.07 Å². The van der Waals surface area contributed by atoms with Crippen LogP contribution < -0.4 is 5.32 Å². The fraction of sp³-hybridized carbons (Fsp3) is 0.0769. The largest absolute Gasteiger partial charge is 0.464 e. The summed E-state index contributed by atoms with van der Waals surface area (Å²) in [5.74, 6) is -0.120. The molecule has 1 N–H and O–H groups in total. The molecule has 2 heterocycles. The van der Waals surface area contributed by atoms with E-state index in [0.29, 0.717) is 16.0 Å². The van der Waals surface area contributed by atoms with Crippen LogP contribution in [0.15, 0.2) is 30.6 Å². The number of hydrogen-bond acceptors (Lipinski definition) is 7. The SMILES string of the molecule is COC(=O)c1cncc(Nc2nc3ccc(Cl)cc3s2)n1. The summed E-state index contributed by atoms with van der Waals surface area (Å²) in [7, 11) is 1.29. The zero-order valence-corrected chi connectivity index (χ0v) is 12.4. The molecule has 6 nitrogen and oxygen atoms in total. The summed E-state index contributed by atoms with van der Waals surface area (Å²) >= 11 is 7.38. The lowest BCUT2D eigenvalue weighted by atomic mass is 10.3. The van der Waals surface area contributed by atoms with Gasteiger partial charge in [-0.3, -0.25) is 4.98 Å². The predicted octanol–water partition coefficient (Wildman–Crippen LogP) is 3.27. The Kier molecular flexibility index (Phi) is 3.68. The van der Waals surface area contributed by atoms with E-state index in [1.807, 2.05) is 12.1 Å². The number of carbonyl (C=O) groups excluding carboxylic acids is 1. The van der Waals surface area contributed by atoms with E-state index in [1.165, 1.54) is 30.8 Å². The number of ether oxygens (including phenoxy) is 1. The number of hydrogen-bond donors (Lipinski definition) is 1. The van der Waals surface area contributed by atoms with Crippen molar-refractivity contribution in [2.24, 2.45) is 0 Å². The summed E-state index contributed by atoms with van der Waals surface area (Å²) < 4.78 is 5.57. The highest BCUT2D eigenvalue weighted by Crippen LogP contribution is 2.29. The molecule has 8 heteroatoms. The van der Waals surface area contributed by atoms with E-state index in [4.69, 9.17) is 11.6 Å². The highest BCUT2D eigenvalue weighted by Gasteiger charge is 2.10. The van der Waals surface area contributed by atoms with Gasteiger partial charge in [-0.2, -0.15) is 0 Å². The molecular weight excluding hydrogens is 312 g/mol. The number of nitrogens with one attached hydrogen (secondary N) is 1. The fourth-order valence-electron chi connectivity index (χ4n) is 1.69. The van der Waals surface area contributed by atoms with Crippen molar-refractivity contribution in [1.82, 2.24) is 15.0 Å². The number of rotatable bonds is 3. The first-order chi connectivity index (χ1) is 10.2. The number of anilines is 2. The third-order valence-corrected chi connectivity index (χ3v) is 3.78. The van der Waals surface area contributed by atoms with Gasteiger partial charge in [0.05, 0.1) is 29.7 Å². The number of methoxy groups -OCH3 is 1. The van der Waals surface area contributed by atoms with Gasteiger partial charge in [-0.05, 0) is 18.2 Å². The van der Waals surface area contributed by atoms with Crippen molar-refractivity contribution >= 4 is 50.1 Å². The smallest absolute Gasteiger partial charge is 0.358 e. The molecule has 0 bridgehead atoms. The molecule has 2 aromatic heterocycles. The molecule has 0 aliphatic heterocycles. The molecule has 0 spiro atoms. The quantitative estimate of drug-likeness (QED) is 0.746. The Hall–Kier alpha value is -2.25. The normalized spacial score (nSPS) is 10.6. The first kappa shape index (κ1) is 13.7. The maximum Gasteiger partial charge on any atom is 0.358 e. The lowest BCUT2D eigenvalue weighted by Gasteiger charge is -2.02. The van der Waals surface area contributed by atoms with E-state index in [9.17, 15) is 4.79 Å².